The molecule has 1 aromatic carbocycles. The number of rotatable bonds is 3. The van der Waals surface area contributed by atoms with Crippen molar-refractivity contribution in [3.05, 3.63) is 48.8 Å². The van der Waals surface area contributed by atoms with Gasteiger partial charge in [-0.1, -0.05) is 26.8 Å². The number of nitrogens with zero attached hydrogens (tertiary/aromatic N) is 1. The number of carbonyl (C=O) groups is 1. The van der Waals surface area contributed by atoms with E-state index in [2.05, 4.69) is 5.32 Å². The maximum Gasteiger partial charge on any atom is 0.241 e. The summed E-state index contributed by atoms with van der Waals surface area (Å²) in [7, 11) is 0. The molecule has 0 saturated heterocycles. The number of hydrogen-bond donors (Lipinski definition) is 2. The molecule has 0 aliphatic carbocycles. The van der Waals surface area contributed by atoms with Gasteiger partial charge in [-0.2, -0.15) is 0 Å². The van der Waals surface area contributed by atoms with Crippen molar-refractivity contribution in [2.24, 2.45) is 11.1 Å². The van der Waals surface area contributed by atoms with Crippen LogP contribution in [-0.4, -0.2) is 16.5 Å². The van der Waals surface area contributed by atoms with E-state index in [9.17, 15) is 4.79 Å². The van der Waals surface area contributed by atoms with Crippen molar-refractivity contribution in [2.45, 2.75) is 26.8 Å². The normalized spacial score (nSPS) is 13.0. The van der Waals surface area contributed by atoms with Gasteiger partial charge in [0, 0.05) is 23.8 Å². The highest BCUT2D eigenvalue weighted by molar-refractivity contribution is 5.95. The monoisotopic (exact) mass is 271 g/mol. The molecule has 1 heterocycles. The largest absolute Gasteiger partial charge is 0.325 e. The second kappa shape index (κ2) is 5.51. The first-order chi connectivity index (χ1) is 9.38. The highest BCUT2D eigenvalue weighted by Crippen LogP contribution is 2.20. The maximum absolute atomic E-state index is 12.1. The lowest BCUT2D eigenvalue weighted by Gasteiger charge is -2.25. The van der Waals surface area contributed by atoms with Crippen molar-refractivity contribution in [2.75, 3.05) is 5.32 Å². The summed E-state index contributed by atoms with van der Waals surface area (Å²) in [4.78, 5) is 12.1. The average molecular weight is 271 g/mol. The van der Waals surface area contributed by atoms with Crippen molar-refractivity contribution in [1.29, 1.82) is 0 Å². The van der Waals surface area contributed by atoms with Crippen LogP contribution in [0.3, 0.4) is 0 Å². The first kappa shape index (κ1) is 14.3. The molecule has 0 aliphatic rings. The standard InChI is InChI=1S/C16H21N3O/c1-16(2,3)14(17)15(20)18-12-7-6-8-13(11-12)19-9-4-5-10-19/h4-11,14H,17H2,1-3H3,(H,18,20)/t14-/m0/s1. The molecule has 0 saturated carbocycles. The number of hydrogen-bond acceptors (Lipinski definition) is 2. The van der Waals surface area contributed by atoms with Gasteiger partial charge in [0.25, 0.3) is 0 Å². The molecule has 0 radical (unpaired) electrons. The van der Waals surface area contributed by atoms with Gasteiger partial charge in [0.15, 0.2) is 0 Å². The lowest BCUT2D eigenvalue weighted by molar-refractivity contribution is -0.119. The van der Waals surface area contributed by atoms with Crippen LogP contribution in [0.4, 0.5) is 5.69 Å². The molecule has 2 rings (SSSR count). The van der Waals surface area contributed by atoms with Crippen LogP contribution in [0.25, 0.3) is 5.69 Å². The number of benzene rings is 1. The summed E-state index contributed by atoms with van der Waals surface area (Å²) in [6.07, 6.45) is 3.92. The van der Waals surface area contributed by atoms with Crippen LogP contribution < -0.4 is 11.1 Å². The highest BCUT2D eigenvalue weighted by atomic mass is 16.2. The molecule has 3 N–H and O–H groups in total. The van der Waals surface area contributed by atoms with E-state index in [1.54, 1.807) is 0 Å². The summed E-state index contributed by atoms with van der Waals surface area (Å²) in [6, 6.07) is 11.1. The Kier molecular flexibility index (Phi) is 3.95. The summed E-state index contributed by atoms with van der Waals surface area (Å²) in [6.45, 7) is 5.86. The predicted octanol–water partition coefficient (Wildman–Crippen LogP) is 2.79. The van der Waals surface area contributed by atoms with Crippen LogP contribution in [0, 0.1) is 5.41 Å². The van der Waals surface area contributed by atoms with Crippen LogP contribution in [0.1, 0.15) is 20.8 Å². The molecule has 0 unspecified atom stereocenters. The van der Waals surface area contributed by atoms with Crippen molar-refractivity contribution in [1.82, 2.24) is 4.57 Å². The molecule has 1 aromatic heterocycles. The Bertz CT molecular complexity index is 582. The minimum atomic E-state index is -0.544. The Hall–Kier alpha value is -2.07. The number of nitrogens with two attached hydrogens (primary N) is 1. The van der Waals surface area contributed by atoms with Crippen LogP contribution >= 0.6 is 0 Å². The van der Waals surface area contributed by atoms with Gasteiger partial charge < -0.3 is 15.6 Å². The van der Waals surface area contributed by atoms with E-state index in [4.69, 9.17) is 5.73 Å². The third-order valence-electron chi connectivity index (χ3n) is 3.23. The van der Waals surface area contributed by atoms with E-state index < -0.39 is 6.04 Å². The fourth-order valence-electron chi connectivity index (χ4n) is 1.86. The minimum Gasteiger partial charge on any atom is -0.325 e. The third kappa shape index (κ3) is 3.27. The summed E-state index contributed by atoms with van der Waals surface area (Å²) in [5.74, 6) is -0.165. The number of anilines is 1. The highest BCUT2D eigenvalue weighted by Gasteiger charge is 2.27. The molecule has 0 spiro atoms. The second-order valence-electron chi connectivity index (χ2n) is 5.97. The number of amides is 1. The van der Waals surface area contributed by atoms with Gasteiger partial charge in [0.2, 0.25) is 5.91 Å². The molecule has 4 heteroatoms. The molecule has 20 heavy (non-hydrogen) atoms. The van der Waals surface area contributed by atoms with Gasteiger partial charge in [0.1, 0.15) is 0 Å². The van der Waals surface area contributed by atoms with Gasteiger partial charge in [-0.15, -0.1) is 0 Å². The Labute approximate surface area is 119 Å². The van der Waals surface area contributed by atoms with E-state index >= 15 is 0 Å². The Morgan fingerprint density at radius 3 is 2.45 bits per heavy atom. The topological polar surface area (TPSA) is 60.1 Å². The number of aromatic nitrogens is 1. The fraction of sp³-hybridized carbons (Fsp3) is 0.312. The molecule has 1 atom stereocenters. The molecule has 2 aromatic rings. The molecule has 106 valence electrons. The van der Waals surface area contributed by atoms with Crippen LogP contribution in [-0.2, 0) is 4.79 Å². The van der Waals surface area contributed by atoms with Gasteiger partial charge in [-0.05, 0) is 35.7 Å². The van der Waals surface area contributed by atoms with E-state index in [0.29, 0.717) is 0 Å². The Morgan fingerprint density at radius 2 is 1.85 bits per heavy atom. The zero-order chi connectivity index (χ0) is 14.8. The Morgan fingerprint density at radius 1 is 1.20 bits per heavy atom. The van der Waals surface area contributed by atoms with Crippen molar-refractivity contribution in [3.63, 3.8) is 0 Å². The van der Waals surface area contributed by atoms with E-state index in [1.807, 2.05) is 74.1 Å². The lowest BCUT2D eigenvalue weighted by Crippen LogP contribution is -2.45. The van der Waals surface area contributed by atoms with Gasteiger partial charge >= 0.3 is 0 Å². The fourth-order valence-corrected chi connectivity index (χ4v) is 1.86. The quantitative estimate of drug-likeness (QED) is 0.901. The second-order valence-corrected chi connectivity index (χ2v) is 5.97. The van der Waals surface area contributed by atoms with Gasteiger partial charge in [-0.25, -0.2) is 0 Å². The molecular formula is C16H21N3O. The molecule has 1 amide bonds. The first-order valence-electron chi connectivity index (χ1n) is 6.68. The molecule has 4 nitrogen and oxygen atoms in total. The van der Waals surface area contributed by atoms with Crippen LogP contribution in [0.2, 0.25) is 0 Å². The SMILES string of the molecule is CC(C)(C)[C@@H](N)C(=O)Nc1cccc(-n2cccc2)c1. The third-order valence-corrected chi connectivity index (χ3v) is 3.23. The van der Waals surface area contributed by atoms with E-state index in [1.165, 1.54) is 0 Å². The van der Waals surface area contributed by atoms with Crippen LogP contribution in [0.5, 0.6) is 0 Å². The molecule has 0 aliphatic heterocycles. The van der Waals surface area contributed by atoms with Crippen molar-refractivity contribution in [3.8, 4) is 5.69 Å². The summed E-state index contributed by atoms with van der Waals surface area (Å²) >= 11 is 0. The number of carbonyl (C=O) groups excluding carboxylic acids is 1. The van der Waals surface area contributed by atoms with Crippen LogP contribution in [0.15, 0.2) is 48.8 Å². The molecule has 0 bridgehead atoms. The van der Waals surface area contributed by atoms with Crippen molar-refractivity contribution >= 4 is 11.6 Å². The van der Waals surface area contributed by atoms with Gasteiger partial charge in [0.05, 0.1) is 6.04 Å². The van der Waals surface area contributed by atoms with E-state index in [-0.39, 0.29) is 11.3 Å². The zero-order valence-electron chi connectivity index (χ0n) is 12.1. The minimum absolute atomic E-state index is 0.165. The predicted molar refractivity (Wildman–Crippen MR) is 81.8 cm³/mol. The zero-order valence-corrected chi connectivity index (χ0v) is 12.1. The first-order valence-corrected chi connectivity index (χ1v) is 6.68. The molecule has 0 fully saturated rings. The van der Waals surface area contributed by atoms with E-state index in [0.717, 1.165) is 11.4 Å². The van der Waals surface area contributed by atoms with Crippen molar-refractivity contribution < 1.29 is 4.79 Å². The average Bonchev–Trinajstić information content (AvgIpc) is 2.91. The number of nitrogens with one attached hydrogen (secondary N) is 1. The maximum atomic E-state index is 12.1. The summed E-state index contributed by atoms with van der Waals surface area (Å²) in [5, 5.41) is 2.87. The summed E-state index contributed by atoms with van der Waals surface area (Å²) in [5.41, 5.74) is 7.44. The summed E-state index contributed by atoms with van der Waals surface area (Å²) < 4.78 is 1.99. The Balaban J connectivity index is 2.15. The van der Waals surface area contributed by atoms with Gasteiger partial charge in [-0.3, -0.25) is 4.79 Å². The smallest absolute Gasteiger partial charge is 0.241 e. The molecular weight excluding hydrogens is 250 g/mol. The lowest BCUT2D eigenvalue weighted by atomic mass is 9.87.